The number of para-hydroxylation sites is 1. The molecule has 1 aromatic heterocycles. The van der Waals surface area contributed by atoms with E-state index in [-0.39, 0.29) is 17.2 Å². The lowest BCUT2D eigenvalue weighted by Gasteiger charge is -2.37. The maximum atomic E-state index is 16.5. The number of alkyl halides is 1. The Balaban J connectivity index is 1.23. The highest BCUT2D eigenvalue weighted by atomic mass is 19.2. The van der Waals surface area contributed by atoms with E-state index in [9.17, 15) is 14.7 Å². The van der Waals surface area contributed by atoms with E-state index >= 15 is 8.78 Å². The van der Waals surface area contributed by atoms with Crippen LogP contribution >= 0.6 is 0 Å². The average Bonchev–Trinajstić information content (AvgIpc) is 3.70. The predicted octanol–water partition coefficient (Wildman–Crippen LogP) is 5.15. The van der Waals surface area contributed by atoms with Crippen LogP contribution in [0.15, 0.2) is 40.8 Å². The normalized spacial score (nSPS) is 23.2. The second-order valence-electron chi connectivity index (χ2n) is 10.7. The zero-order valence-corrected chi connectivity index (χ0v) is 21.6. The predicted molar refractivity (Wildman–Crippen MR) is 139 cm³/mol. The second kappa shape index (κ2) is 10.3. The van der Waals surface area contributed by atoms with Crippen LogP contribution in [0.5, 0.6) is 0 Å². The Hall–Kier alpha value is -3.37. The zero-order valence-electron chi connectivity index (χ0n) is 21.6. The lowest BCUT2D eigenvalue weighted by Crippen LogP contribution is -2.54. The Morgan fingerprint density at radius 2 is 1.82 bits per heavy atom. The number of nitrogens with zero attached hydrogens (tertiary/aromatic N) is 3. The van der Waals surface area contributed by atoms with Crippen molar-refractivity contribution in [1.82, 2.24) is 9.88 Å². The lowest BCUT2D eigenvalue weighted by atomic mass is 9.87. The number of fused-ring (bicyclic) bond motifs is 2. The largest absolute Gasteiger partial charge is 0.481 e. The molecule has 2 aromatic carbocycles. The van der Waals surface area contributed by atoms with Gasteiger partial charge in [0.1, 0.15) is 5.52 Å². The number of aromatic nitrogens is 1. The maximum Gasteiger partial charge on any atom is 0.330 e. The Morgan fingerprint density at radius 1 is 1.08 bits per heavy atom. The van der Waals surface area contributed by atoms with Crippen molar-refractivity contribution in [2.75, 3.05) is 24.5 Å². The van der Waals surface area contributed by atoms with E-state index in [1.165, 1.54) is 11.0 Å². The minimum absolute atomic E-state index is 0.0106. The van der Waals surface area contributed by atoms with Crippen molar-refractivity contribution < 1.29 is 32.6 Å². The number of Topliss-reactive ketones (excluding diaryl/α,β-unsaturated/α-hetero) is 1. The maximum absolute atomic E-state index is 16.5. The summed E-state index contributed by atoms with van der Waals surface area (Å²) in [5.41, 5.74) is 2.38. The van der Waals surface area contributed by atoms with Crippen LogP contribution < -0.4 is 4.90 Å². The lowest BCUT2D eigenvalue weighted by molar-refractivity contribution is -0.252. The van der Waals surface area contributed by atoms with Gasteiger partial charge in [-0.3, -0.25) is 14.5 Å². The Kier molecular flexibility index (Phi) is 6.84. The minimum atomic E-state index is -2.70. The van der Waals surface area contributed by atoms with Crippen LogP contribution in [0.25, 0.3) is 11.1 Å². The summed E-state index contributed by atoms with van der Waals surface area (Å²) >= 11 is 0. The van der Waals surface area contributed by atoms with Gasteiger partial charge in [0, 0.05) is 31.7 Å². The van der Waals surface area contributed by atoms with Crippen molar-refractivity contribution in [2.45, 2.75) is 63.4 Å². The summed E-state index contributed by atoms with van der Waals surface area (Å²) in [7, 11) is 0. The summed E-state index contributed by atoms with van der Waals surface area (Å²) < 4.78 is 43.8. The van der Waals surface area contributed by atoms with E-state index in [4.69, 9.17) is 9.15 Å². The van der Waals surface area contributed by atoms with Crippen molar-refractivity contribution in [3.63, 3.8) is 0 Å². The SMILES string of the molecule is O=C(O)C1CCC(OC(F)(C(=O)Cc2ccc3nc(N4CCc5ccccc54)oc3c2F)N2CCCC2)CC1. The summed E-state index contributed by atoms with van der Waals surface area (Å²) in [6, 6.07) is 11.2. The number of carbonyl (C=O) groups is 2. The van der Waals surface area contributed by atoms with Crippen LogP contribution in [-0.4, -0.2) is 58.5 Å². The zero-order chi connectivity index (χ0) is 27.1. The number of ketones is 1. The first-order chi connectivity index (χ1) is 18.8. The number of aliphatic carboxylic acids is 1. The highest BCUT2D eigenvalue weighted by Gasteiger charge is 2.49. The smallest absolute Gasteiger partial charge is 0.330 e. The molecule has 10 heteroatoms. The summed E-state index contributed by atoms with van der Waals surface area (Å²) in [5.74, 6) is -5.67. The first-order valence-electron chi connectivity index (χ1n) is 13.6. The van der Waals surface area contributed by atoms with Gasteiger partial charge in [0.2, 0.25) is 5.78 Å². The minimum Gasteiger partial charge on any atom is -0.481 e. The van der Waals surface area contributed by atoms with Crippen molar-refractivity contribution in [1.29, 1.82) is 0 Å². The van der Waals surface area contributed by atoms with Crippen molar-refractivity contribution in [2.24, 2.45) is 5.92 Å². The van der Waals surface area contributed by atoms with E-state index in [2.05, 4.69) is 4.98 Å². The Bertz CT molecular complexity index is 1400. The van der Waals surface area contributed by atoms with Gasteiger partial charge in [0.05, 0.1) is 12.0 Å². The van der Waals surface area contributed by atoms with E-state index in [0.29, 0.717) is 50.8 Å². The first kappa shape index (κ1) is 25.9. The van der Waals surface area contributed by atoms with E-state index in [0.717, 1.165) is 30.5 Å². The summed E-state index contributed by atoms with van der Waals surface area (Å²) in [5, 5.41) is 9.26. The highest BCUT2D eigenvalue weighted by Crippen LogP contribution is 2.37. The van der Waals surface area contributed by atoms with Gasteiger partial charge >= 0.3 is 18.0 Å². The number of anilines is 2. The van der Waals surface area contributed by atoms with Crippen LogP contribution in [0, 0.1) is 11.7 Å². The van der Waals surface area contributed by atoms with Gasteiger partial charge in [-0.25, -0.2) is 9.29 Å². The first-order valence-corrected chi connectivity index (χ1v) is 13.6. The van der Waals surface area contributed by atoms with Crippen LogP contribution in [0.4, 0.5) is 20.5 Å². The number of carboxylic acids is 1. The molecule has 2 fully saturated rings. The molecule has 0 amide bonds. The fourth-order valence-electron chi connectivity index (χ4n) is 6.03. The Labute approximate surface area is 224 Å². The van der Waals surface area contributed by atoms with Gasteiger partial charge < -0.3 is 14.3 Å². The van der Waals surface area contributed by atoms with E-state index < -0.39 is 42.0 Å². The van der Waals surface area contributed by atoms with E-state index in [1.807, 2.05) is 29.2 Å². The fraction of sp³-hybridized carbons (Fsp3) is 0.483. The molecule has 8 nitrogen and oxygen atoms in total. The number of likely N-dealkylation sites (tertiary alicyclic amines) is 1. The molecule has 0 radical (unpaired) electrons. The van der Waals surface area contributed by atoms with Crippen molar-refractivity contribution in [3.05, 3.63) is 53.3 Å². The molecule has 1 atom stereocenters. The molecule has 1 saturated carbocycles. The molecular formula is C29H31F2N3O5. The molecule has 3 aliphatic rings. The third kappa shape index (κ3) is 4.80. The van der Waals surface area contributed by atoms with Gasteiger partial charge in [-0.15, -0.1) is 0 Å². The number of rotatable bonds is 8. The molecule has 0 spiro atoms. The molecular weight excluding hydrogens is 508 g/mol. The molecule has 6 rings (SSSR count). The van der Waals surface area contributed by atoms with Crippen LogP contribution in [0.1, 0.15) is 49.7 Å². The molecule has 3 heterocycles. The number of halogens is 2. The number of hydrogen-bond acceptors (Lipinski definition) is 7. The third-order valence-corrected chi connectivity index (χ3v) is 8.24. The van der Waals surface area contributed by atoms with Crippen LogP contribution in [0.2, 0.25) is 0 Å². The molecule has 206 valence electrons. The second-order valence-corrected chi connectivity index (χ2v) is 10.7. The third-order valence-electron chi connectivity index (χ3n) is 8.24. The molecule has 1 N–H and O–H groups in total. The summed E-state index contributed by atoms with van der Waals surface area (Å²) in [6.45, 7) is 1.37. The number of oxazole rings is 1. The number of hydrogen-bond donors (Lipinski definition) is 1. The summed E-state index contributed by atoms with van der Waals surface area (Å²) in [4.78, 5) is 32.5. The molecule has 1 saturated heterocycles. The Morgan fingerprint density at radius 3 is 2.56 bits per heavy atom. The molecule has 0 bridgehead atoms. The monoisotopic (exact) mass is 539 g/mol. The number of ether oxygens (including phenoxy) is 1. The highest BCUT2D eigenvalue weighted by molar-refractivity contribution is 5.88. The van der Waals surface area contributed by atoms with Crippen LogP contribution in [0.3, 0.4) is 0 Å². The van der Waals surface area contributed by atoms with Gasteiger partial charge in [-0.1, -0.05) is 24.3 Å². The topological polar surface area (TPSA) is 96.1 Å². The van der Waals surface area contributed by atoms with Gasteiger partial charge in [0.25, 0.3) is 0 Å². The van der Waals surface area contributed by atoms with Gasteiger partial charge in [0.15, 0.2) is 11.4 Å². The van der Waals surface area contributed by atoms with E-state index in [1.54, 1.807) is 6.07 Å². The number of carbonyl (C=O) groups excluding carboxylic acids is 1. The number of benzene rings is 2. The van der Waals surface area contributed by atoms with Crippen molar-refractivity contribution in [3.8, 4) is 0 Å². The van der Waals surface area contributed by atoms with Crippen LogP contribution in [-0.2, 0) is 27.2 Å². The molecule has 1 unspecified atom stereocenters. The van der Waals surface area contributed by atoms with Gasteiger partial charge in [-0.2, -0.15) is 9.37 Å². The number of carboxylic acid groups (broad SMARTS) is 1. The van der Waals surface area contributed by atoms with Crippen molar-refractivity contribution >= 4 is 34.6 Å². The quantitative estimate of drug-likeness (QED) is 0.393. The molecule has 39 heavy (non-hydrogen) atoms. The fourth-order valence-corrected chi connectivity index (χ4v) is 6.03. The average molecular weight is 540 g/mol. The summed E-state index contributed by atoms with van der Waals surface area (Å²) in [6.07, 6.45) is 2.63. The standard InChI is InChI=1S/C29H31F2N3O5/c30-25-20(9-12-22-26(25)38-28(32-22)34-16-13-18-5-1-2-6-23(18)34)17-24(35)29(31,33-14-3-4-15-33)39-21-10-7-19(8-11-21)27(36)37/h1-2,5-6,9,12,19,21H,3-4,7-8,10-11,13-17H2,(H,36,37). The molecule has 1 aliphatic carbocycles. The molecule has 2 aliphatic heterocycles. The van der Waals surface area contributed by atoms with Gasteiger partial charge in [-0.05, 0) is 68.2 Å². The molecule has 3 aromatic rings.